The van der Waals surface area contributed by atoms with Crippen LogP contribution in [0, 0.1) is 47.6 Å². The van der Waals surface area contributed by atoms with E-state index in [1.165, 1.54) is 23.1 Å². The van der Waals surface area contributed by atoms with Crippen LogP contribution in [0.1, 0.15) is 38.3 Å². The number of anilines is 1. The molecular weight excluding hydrogens is 574 g/mol. The molecule has 0 N–H and O–H groups in total. The number of aryl methyl sites for hydroxylation is 2. The molecular formula is C35H27N3O7. The van der Waals surface area contributed by atoms with Crippen molar-refractivity contribution in [2.75, 3.05) is 11.5 Å². The third-order valence-electron chi connectivity index (χ3n) is 9.14. The average Bonchev–Trinajstić information content (AvgIpc) is 3.72. The van der Waals surface area contributed by atoms with Crippen LogP contribution < -0.4 is 4.90 Å². The van der Waals surface area contributed by atoms with E-state index in [9.17, 15) is 29.3 Å². The van der Waals surface area contributed by atoms with Crippen LogP contribution in [0.2, 0.25) is 0 Å². The van der Waals surface area contributed by atoms with Crippen LogP contribution in [0.4, 0.5) is 11.4 Å². The molecule has 2 aliphatic carbocycles. The van der Waals surface area contributed by atoms with Crippen molar-refractivity contribution in [2.45, 2.75) is 20.3 Å². The number of rotatable bonds is 7. The van der Waals surface area contributed by atoms with Gasteiger partial charge in [-0.3, -0.25) is 29.4 Å². The molecule has 10 heteroatoms. The van der Waals surface area contributed by atoms with Gasteiger partial charge in [0.1, 0.15) is 0 Å². The average molecular weight is 602 g/mol. The van der Waals surface area contributed by atoms with Crippen LogP contribution in [-0.4, -0.2) is 40.1 Å². The van der Waals surface area contributed by atoms with E-state index >= 15 is 0 Å². The highest BCUT2D eigenvalue weighted by atomic mass is 16.6. The summed E-state index contributed by atoms with van der Waals surface area (Å²) in [5, 5.41) is 11.8. The van der Waals surface area contributed by atoms with Gasteiger partial charge in [0, 0.05) is 28.1 Å². The summed E-state index contributed by atoms with van der Waals surface area (Å²) in [6.45, 7) is 2.85. The van der Waals surface area contributed by atoms with Crippen molar-refractivity contribution in [1.82, 2.24) is 4.98 Å². The number of ether oxygens (including phenoxy) is 1. The van der Waals surface area contributed by atoms with Gasteiger partial charge in [-0.05, 0) is 62.4 Å². The first kappa shape index (κ1) is 28.3. The number of hydrogen-bond acceptors (Lipinski definition) is 8. The van der Waals surface area contributed by atoms with Crippen molar-refractivity contribution >= 4 is 45.8 Å². The lowest BCUT2D eigenvalue weighted by atomic mass is 9.85. The van der Waals surface area contributed by atoms with Crippen molar-refractivity contribution in [1.29, 1.82) is 0 Å². The minimum Gasteiger partial charge on any atom is -0.454 e. The molecule has 45 heavy (non-hydrogen) atoms. The van der Waals surface area contributed by atoms with E-state index in [0.717, 1.165) is 12.0 Å². The predicted molar refractivity (Wildman–Crippen MR) is 165 cm³/mol. The maximum Gasteiger partial charge on any atom is 0.339 e. The summed E-state index contributed by atoms with van der Waals surface area (Å²) < 4.78 is 5.41. The van der Waals surface area contributed by atoms with E-state index in [0.29, 0.717) is 33.4 Å². The number of allylic oxidation sites excluding steroid dienone is 2. The van der Waals surface area contributed by atoms with E-state index in [1.807, 2.05) is 13.0 Å². The number of imide groups is 1. The van der Waals surface area contributed by atoms with Crippen LogP contribution in [0.25, 0.3) is 22.2 Å². The Morgan fingerprint density at radius 3 is 2.29 bits per heavy atom. The number of hydrogen-bond donors (Lipinski definition) is 0. The topological polar surface area (TPSA) is 137 Å². The zero-order valence-corrected chi connectivity index (χ0v) is 24.4. The Balaban J connectivity index is 1.15. The fourth-order valence-corrected chi connectivity index (χ4v) is 6.87. The zero-order chi connectivity index (χ0) is 31.6. The van der Waals surface area contributed by atoms with E-state index in [1.54, 1.807) is 49.4 Å². The molecule has 1 saturated heterocycles. The lowest BCUT2D eigenvalue weighted by molar-refractivity contribution is -0.385. The Bertz CT molecular complexity index is 1970. The molecule has 2 heterocycles. The van der Waals surface area contributed by atoms with Gasteiger partial charge in [0.2, 0.25) is 17.6 Å². The zero-order valence-electron chi connectivity index (χ0n) is 24.4. The van der Waals surface area contributed by atoms with Crippen molar-refractivity contribution in [3.05, 3.63) is 111 Å². The molecule has 4 atom stereocenters. The SMILES string of the molecule is Cc1ccc2nc(-c3ccc(N4C(=O)C5C6C=CC(C6)C5C4=O)cc3)cc(C(=O)OCC(=O)c3ccc(C)c([N+](=O)[O-])c3)c2c1. The molecule has 224 valence electrons. The number of carbonyl (C=O) groups is 4. The highest BCUT2D eigenvalue weighted by molar-refractivity contribution is 6.23. The second kappa shape index (κ2) is 10.6. The van der Waals surface area contributed by atoms with Crippen molar-refractivity contribution in [2.24, 2.45) is 23.7 Å². The minimum absolute atomic E-state index is 0.0684. The first-order valence-corrected chi connectivity index (χ1v) is 14.6. The number of ketones is 1. The number of nitro benzene ring substituents is 1. The fraction of sp³-hybridized carbons (Fsp3) is 0.229. The summed E-state index contributed by atoms with van der Waals surface area (Å²) in [5.41, 5.74) is 3.53. The van der Waals surface area contributed by atoms with Gasteiger partial charge in [0.05, 0.1) is 39.2 Å². The Hall–Kier alpha value is -5.51. The van der Waals surface area contributed by atoms with Crippen LogP contribution in [0.5, 0.6) is 0 Å². The molecule has 1 aromatic heterocycles. The Morgan fingerprint density at radius 1 is 0.933 bits per heavy atom. The number of aromatic nitrogens is 1. The first-order chi connectivity index (χ1) is 21.6. The van der Waals surface area contributed by atoms with Gasteiger partial charge in [-0.1, -0.05) is 48.0 Å². The molecule has 1 saturated carbocycles. The van der Waals surface area contributed by atoms with Gasteiger partial charge >= 0.3 is 5.97 Å². The maximum atomic E-state index is 13.4. The normalized spacial score (nSPS) is 21.4. The summed E-state index contributed by atoms with van der Waals surface area (Å²) in [6.07, 6.45) is 4.98. The second-order valence-electron chi connectivity index (χ2n) is 11.9. The predicted octanol–water partition coefficient (Wildman–Crippen LogP) is 5.78. The lowest BCUT2D eigenvalue weighted by Crippen LogP contribution is -2.32. The first-order valence-electron chi connectivity index (χ1n) is 14.6. The number of benzene rings is 3. The molecule has 2 fully saturated rings. The van der Waals surface area contributed by atoms with Crippen LogP contribution in [0.15, 0.2) is 78.9 Å². The Kier molecular flexibility index (Phi) is 6.65. The van der Waals surface area contributed by atoms with Gasteiger partial charge in [0.25, 0.3) is 5.69 Å². The molecule has 2 bridgehead atoms. The highest BCUT2D eigenvalue weighted by Gasteiger charge is 2.59. The maximum absolute atomic E-state index is 13.4. The molecule has 0 spiro atoms. The number of Topliss-reactive ketones (excluding diaryl/α,β-unsaturated/α-hetero) is 1. The molecule has 2 amide bonds. The number of esters is 1. The molecule has 1 aliphatic heterocycles. The number of pyridine rings is 1. The number of nitrogens with zero attached hydrogens (tertiary/aromatic N) is 3. The Labute approximate surface area is 257 Å². The number of fused-ring (bicyclic) bond motifs is 6. The van der Waals surface area contributed by atoms with Gasteiger partial charge in [-0.25, -0.2) is 9.78 Å². The van der Waals surface area contributed by atoms with Gasteiger partial charge < -0.3 is 4.74 Å². The summed E-state index contributed by atoms with van der Waals surface area (Å²) in [7, 11) is 0. The third kappa shape index (κ3) is 4.69. The number of carbonyl (C=O) groups excluding carboxylic acids is 4. The Morgan fingerprint density at radius 2 is 1.62 bits per heavy atom. The molecule has 0 radical (unpaired) electrons. The smallest absolute Gasteiger partial charge is 0.339 e. The van der Waals surface area contributed by atoms with Gasteiger partial charge in [-0.15, -0.1) is 0 Å². The second-order valence-corrected chi connectivity index (χ2v) is 11.9. The summed E-state index contributed by atoms with van der Waals surface area (Å²) in [6, 6.07) is 18.1. The van der Waals surface area contributed by atoms with Gasteiger partial charge in [-0.2, -0.15) is 0 Å². The molecule has 10 nitrogen and oxygen atoms in total. The van der Waals surface area contributed by atoms with Crippen molar-refractivity contribution in [3.63, 3.8) is 0 Å². The van der Waals surface area contributed by atoms with Crippen LogP contribution >= 0.6 is 0 Å². The minimum atomic E-state index is -0.746. The molecule has 4 aromatic rings. The molecule has 3 aromatic carbocycles. The van der Waals surface area contributed by atoms with Crippen LogP contribution in [-0.2, 0) is 14.3 Å². The molecule has 4 unspecified atom stereocenters. The van der Waals surface area contributed by atoms with Gasteiger partial charge in [0.15, 0.2) is 6.61 Å². The van der Waals surface area contributed by atoms with E-state index in [-0.39, 0.29) is 52.3 Å². The van der Waals surface area contributed by atoms with Crippen molar-refractivity contribution < 1.29 is 28.8 Å². The largest absolute Gasteiger partial charge is 0.454 e. The third-order valence-corrected chi connectivity index (χ3v) is 9.14. The van der Waals surface area contributed by atoms with Crippen molar-refractivity contribution in [3.8, 4) is 11.3 Å². The molecule has 7 rings (SSSR count). The monoisotopic (exact) mass is 601 g/mol. The van der Waals surface area contributed by atoms with Crippen LogP contribution in [0.3, 0.4) is 0 Å². The quantitative estimate of drug-likeness (QED) is 0.0650. The highest BCUT2D eigenvalue weighted by Crippen LogP contribution is 2.53. The lowest BCUT2D eigenvalue weighted by Gasteiger charge is -2.17. The number of amides is 2. The van der Waals surface area contributed by atoms with E-state index in [4.69, 9.17) is 9.72 Å². The summed E-state index contributed by atoms with van der Waals surface area (Å²) in [4.78, 5) is 69.4. The fourth-order valence-electron chi connectivity index (χ4n) is 6.87. The summed E-state index contributed by atoms with van der Waals surface area (Å²) >= 11 is 0. The summed E-state index contributed by atoms with van der Waals surface area (Å²) in [5.74, 6) is -1.98. The van der Waals surface area contributed by atoms with E-state index in [2.05, 4.69) is 12.2 Å². The standard InChI is InChI=1S/C35H27N3O7/c1-18-3-12-27-25(13-18)26(35(42)45-17-30(39)21-5-4-19(2)29(15-21)38(43)44)16-28(36-27)20-8-10-24(11-9-20)37-33(40)31-22-6-7-23(14-22)32(31)34(37)41/h3-13,15-16,22-23,31-32H,14,17H2,1-2H3. The number of nitro groups is 1. The molecule has 3 aliphatic rings. The van der Waals surface area contributed by atoms with E-state index < -0.39 is 23.3 Å².